The second-order valence-electron chi connectivity index (χ2n) is 3.90. The van der Waals surface area contributed by atoms with Crippen LogP contribution in [-0.2, 0) is 0 Å². The normalized spacial score (nSPS) is 11.0. The fraction of sp³-hybridized carbons (Fsp3) is 0. The molecule has 2 N–H and O–H groups in total. The van der Waals surface area contributed by atoms with Gasteiger partial charge >= 0.3 is 16.9 Å². The second kappa shape index (κ2) is 5.94. The van der Waals surface area contributed by atoms with Crippen molar-refractivity contribution in [1.82, 2.24) is 9.97 Å². The molecule has 0 unspecified atom stereocenters. The Kier molecular flexibility index (Phi) is 4.25. The van der Waals surface area contributed by atoms with Crippen molar-refractivity contribution in [3.05, 3.63) is 70.5 Å². The Labute approximate surface area is 127 Å². The van der Waals surface area contributed by atoms with Crippen molar-refractivity contribution in [2.45, 2.75) is 0 Å². The Morgan fingerprint density at radius 3 is 2.29 bits per heavy atom. The smallest absolute Gasteiger partial charge is 0.301 e. The number of rotatable bonds is 3. The van der Waals surface area contributed by atoms with Gasteiger partial charge < -0.3 is 4.98 Å². The first kappa shape index (κ1) is 15.0. The molecule has 0 aliphatic rings. The highest BCUT2D eigenvalue weighted by atomic mass is 35.5. The van der Waals surface area contributed by atoms with Gasteiger partial charge in [0.2, 0.25) is 0 Å². The molecule has 7 nitrogen and oxygen atoms in total. The molecule has 0 aliphatic carbocycles. The van der Waals surface area contributed by atoms with E-state index in [0.717, 1.165) is 0 Å². The molecule has 0 saturated carbocycles. The molecule has 9 heteroatoms. The number of nitrogens with one attached hydrogen (secondary N) is 2. The Bertz CT molecular complexity index is 834. The van der Waals surface area contributed by atoms with Gasteiger partial charge in [-0.25, -0.2) is 4.79 Å². The lowest BCUT2D eigenvalue weighted by atomic mass is 10.2. The highest BCUT2D eigenvalue weighted by molar-refractivity contribution is 6.37. The van der Waals surface area contributed by atoms with Crippen LogP contribution in [0.15, 0.2) is 27.8 Å². The van der Waals surface area contributed by atoms with Crippen LogP contribution < -0.4 is 11.2 Å². The first-order valence-electron chi connectivity index (χ1n) is 5.53. The standard InChI is InChI=1S/C12H7Cl2N3O4/c13-7-2-1-3-8(14)6(7)4-5-9-10(17(20)21)11(18)16-12(19)15-9/h1-5H,(H2,15,16,18,19)/b5-4+. The molecule has 108 valence electrons. The molecule has 21 heavy (non-hydrogen) atoms. The van der Waals surface area contributed by atoms with Gasteiger partial charge in [-0.3, -0.25) is 19.9 Å². The molecule has 1 aromatic carbocycles. The molecule has 0 amide bonds. The molecule has 0 saturated heterocycles. The van der Waals surface area contributed by atoms with Gasteiger partial charge in [-0.2, -0.15) is 0 Å². The van der Waals surface area contributed by atoms with Gasteiger partial charge in [-0.05, 0) is 24.3 Å². The first-order valence-corrected chi connectivity index (χ1v) is 6.29. The Morgan fingerprint density at radius 1 is 1.10 bits per heavy atom. The van der Waals surface area contributed by atoms with Gasteiger partial charge in [0.25, 0.3) is 0 Å². The number of benzene rings is 1. The van der Waals surface area contributed by atoms with Crippen molar-refractivity contribution in [3.63, 3.8) is 0 Å². The van der Waals surface area contributed by atoms with Crippen molar-refractivity contribution in [2.24, 2.45) is 0 Å². The largest absolute Gasteiger partial charge is 0.357 e. The highest BCUT2D eigenvalue weighted by Crippen LogP contribution is 2.26. The molecule has 0 fully saturated rings. The van der Waals surface area contributed by atoms with E-state index in [2.05, 4.69) is 4.98 Å². The minimum atomic E-state index is -1.09. The van der Waals surface area contributed by atoms with E-state index in [9.17, 15) is 19.7 Å². The van der Waals surface area contributed by atoms with E-state index in [1.165, 1.54) is 12.2 Å². The zero-order chi connectivity index (χ0) is 15.6. The van der Waals surface area contributed by atoms with Crippen LogP contribution in [0, 0.1) is 10.1 Å². The fourth-order valence-corrected chi connectivity index (χ4v) is 2.16. The van der Waals surface area contributed by atoms with Gasteiger partial charge in [0.05, 0.1) is 4.92 Å². The summed E-state index contributed by atoms with van der Waals surface area (Å²) in [6.45, 7) is 0. The number of hydrogen-bond acceptors (Lipinski definition) is 4. The molecule has 0 aliphatic heterocycles. The Morgan fingerprint density at radius 2 is 1.71 bits per heavy atom. The van der Waals surface area contributed by atoms with Crippen LogP contribution >= 0.6 is 23.2 Å². The van der Waals surface area contributed by atoms with Crippen molar-refractivity contribution in [2.75, 3.05) is 0 Å². The lowest BCUT2D eigenvalue weighted by Crippen LogP contribution is -2.25. The van der Waals surface area contributed by atoms with E-state index in [1.54, 1.807) is 23.2 Å². The fourth-order valence-electron chi connectivity index (χ4n) is 1.64. The summed E-state index contributed by atoms with van der Waals surface area (Å²) >= 11 is 11.9. The van der Waals surface area contributed by atoms with Crippen LogP contribution in [0.1, 0.15) is 11.3 Å². The van der Waals surface area contributed by atoms with Gasteiger partial charge in [0, 0.05) is 15.6 Å². The molecular weight excluding hydrogens is 321 g/mol. The van der Waals surface area contributed by atoms with Crippen LogP contribution in [0.2, 0.25) is 10.0 Å². The van der Waals surface area contributed by atoms with Crippen LogP contribution in [0.4, 0.5) is 5.69 Å². The molecule has 0 atom stereocenters. The highest BCUT2D eigenvalue weighted by Gasteiger charge is 2.18. The topological polar surface area (TPSA) is 109 Å². The van der Waals surface area contributed by atoms with Crippen molar-refractivity contribution in [1.29, 1.82) is 0 Å². The van der Waals surface area contributed by atoms with Crippen LogP contribution in [0.3, 0.4) is 0 Å². The summed E-state index contributed by atoms with van der Waals surface area (Å²) in [5.74, 6) is 0. The number of halogens is 2. The third-order valence-electron chi connectivity index (χ3n) is 2.54. The molecular formula is C12H7Cl2N3O4. The van der Waals surface area contributed by atoms with E-state index in [1.807, 2.05) is 0 Å². The van der Waals surface area contributed by atoms with Crippen LogP contribution in [0.25, 0.3) is 12.2 Å². The monoisotopic (exact) mass is 327 g/mol. The van der Waals surface area contributed by atoms with Gasteiger partial charge in [0.15, 0.2) is 0 Å². The van der Waals surface area contributed by atoms with E-state index in [0.29, 0.717) is 15.6 Å². The summed E-state index contributed by atoms with van der Waals surface area (Å²) in [4.78, 5) is 36.6. The van der Waals surface area contributed by atoms with E-state index < -0.39 is 21.9 Å². The Balaban J connectivity index is 2.59. The minimum Gasteiger partial charge on any atom is -0.301 e. The predicted molar refractivity (Wildman–Crippen MR) is 79.7 cm³/mol. The quantitative estimate of drug-likeness (QED) is 0.666. The van der Waals surface area contributed by atoms with E-state index in [-0.39, 0.29) is 5.69 Å². The third-order valence-corrected chi connectivity index (χ3v) is 3.20. The Hall–Kier alpha value is -2.38. The summed E-state index contributed by atoms with van der Waals surface area (Å²) in [5, 5.41) is 11.5. The maximum atomic E-state index is 11.4. The number of nitro groups is 1. The van der Waals surface area contributed by atoms with Crippen molar-refractivity contribution < 1.29 is 4.92 Å². The number of hydrogen-bond donors (Lipinski definition) is 2. The van der Waals surface area contributed by atoms with Gasteiger partial charge in [-0.15, -0.1) is 0 Å². The van der Waals surface area contributed by atoms with Crippen molar-refractivity contribution in [3.8, 4) is 0 Å². The molecule has 1 heterocycles. The molecule has 0 spiro atoms. The van der Waals surface area contributed by atoms with E-state index in [4.69, 9.17) is 23.2 Å². The lowest BCUT2D eigenvalue weighted by Gasteiger charge is -2.01. The minimum absolute atomic E-state index is 0.246. The average molecular weight is 328 g/mol. The summed E-state index contributed by atoms with van der Waals surface area (Å²) in [6, 6.07) is 4.81. The zero-order valence-corrected chi connectivity index (χ0v) is 11.7. The molecule has 1 aromatic heterocycles. The summed E-state index contributed by atoms with van der Waals surface area (Å²) in [6.07, 6.45) is 2.57. The average Bonchev–Trinajstić information content (AvgIpc) is 2.36. The van der Waals surface area contributed by atoms with Gasteiger partial charge in [-0.1, -0.05) is 29.3 Å². The molecule has 0 radical (unpaired) electrons. The number of aromatic nitrogens is 2. The van der Waals surface area contributed by atoms with Crippen LogP contribution in [-0.4, -0.2) is 14.9 Å². The summed E-state index contributed by atoms with van der Waals surface area (Å²) < 4.78 is 0. The van der Waals surface area contributed by atoms with Crippen LogP contribution in [0.5, 0.6) is 0 Å². The maximum absolute atomic E-state index is 11.4. The first-order chi connectivity index (χ1) is 9.90. The number of nitrogens with zero attached hydrogens (tertiary/aromatic N) is 1. The lowest BCUT2D eigenvalue weighted by molar-refractivity contribution is -0.386. The summed E-state index contributed by atoms with van der Waals surface area (Å²) in [7, 11) is 0. The number of aromatic amines is 2. The van der Waals surface area contributed by atoms with Gasteiger partial charge in [0.1, 0.15) is 5.69 Å². The SMILES string of the molecule is O=c1[nH]c(/C=C/c2c(Cl)cccc2Cl)c([N+](=O)[O-])c(=O)[nH]1. The maximum Gasteiger partial charge on any atom is 0.357 e. The molecule has 0 bridgehead atoms. The van der Waals surface area contributed by atoms with E-state index >= 15 is 0 Å². The molecule has 2 aromatic rings. The summed E-state index contributed by atoms with van der Waals surface area (Å²) in [5.41, 5.74) is -2.54. The zero-order valence-electron chi connectivity index (χ0n) is 10.2. The molecule has 2 rings (SSSR count). The number of H-pyrrole nitrogens is 2. The second-order valence-corrected chi connectivity index (χ2v) is 4.71. The third kappa shape index (κ3) is 3.21. The van der Waals surface area contributed by atoms with Crippen molar-refractivity contribution >= 4 is 41.0 Å². The predicted octanol–water partition coefficient (Wildman–Crippen LogP) is 2.45.